The van der Waals surface area contributed by atoms with Crippen LogP contribution in [0.5, 0.6) is 11.5 Å². The molecule has 1 aromatic heterocycles. The van der Waals surface area contributed by atoms with E-state index in [1.54, 1.807) is 20.1 Å². The molecule has 0 atom stereocenters. The molecular formula is C24H27BrO5. The Morgan fingerprint density at radius 1 is 1.13 bits per heavy atom. The zero-order valence-corrected chi connectivity index (χ0v) is 19.6. The van der Waals surface area contributed by atoms with Crippen molar-refractivity contribution in [2.24, 2.45) is 0 Å². The van der Waals surface area contributed by atoms with Gasteiger partial charge in [0, 0.05) is 32.5 Å². The number of carbonyl (C=O) groups is 1. The molecule has 3 rings (SSSR count). The number of ether oxygens (including phenoxy) is 3. The van der Waals surface area contributed by atoms with E-state index in [2.05, 4.69) is 36.7 Å². The minimum absolute atomic E-state index is 0.136. The van der Waals surface area contributed by atoms with E-state index in [0.29, 0.717) is 24.7 Å². The van der Waals surface area contributed by atoms with Gasteiger partial charge in [0.2, 0.25) is 0 Å². The molecule has 160 valence electrons. The van der Waals surface area contributed by atoms with E-state index in [1.807, 2.05) is 30.3 Å². The van der Waals surface area contributed by atoms with Crippen molar-refractivity contribution in [3.8, 4) is 11.5 Å². The predicted octanol–water partition coefficient (Wildman–Crippen LogP) is 6.19. The van der Waals surface area contributed by atoms with Crippen LogP contribution in [0.15, 0.2) is 45.3 Å². The maximum absolute atomic E-state index is 12.0. The minimum atomic E-state index is -0.291. The minimum Gasteiger partial charge on any atom is -0.497 e. The van der Waals surface area contributed by atoms with Crippen LogP contribution < -0.4 is 9.47 Å². The van der Waals surface area contributed by atoms with Crippen molar-refractivity contribution in [2.75, 3.05) is 13.7 Å². The van der Waals surface area contributed by atoms with Gasteiger partial charge < -0.3 is 18.6 Å². The number of hydrogen-bond acceptors (Lipinski definition) is 5. The molecule has 5 nitrogen and oxygen atoms in total. The van der Waals surface area contributed by atoms with Crippen molar-refractivity contribution >= 4 is 32.9 Å². The highest BCUT2D eigenvalue weighted by molar-refractivity contribution is 9.10. The van der Waals surface area contributed by atoms with Gasteiger partial charge in [0.15, 0.2) is 0 Å². The van der Waals surface area contributed by atoms with Crippen LogP contribution in [0.4, 0.5) is 0 Å². The molecule has 0 saturated carbocycles. The summed E-state index contributed by atoms with van der Waals surface area (Å²) in [7, 11) is 1.60. The molecule has 0 fully saturated rings. The third kappa shape index (κ3) is 4.98. The molecule has 0 aliphatic rings. The molecule has 0 N–H and O–H groups in total. The van der Waals surface area contributed by atoms with Crippen LogP contribution in [-0.2, 0) is 28.0 Å². The van der Waals surface area contributed by atoms with Crippen molar-refractivity contribution in [1.82, 2.24) is 0 Å². The first-order valence-electron chi connectivity index (χ1n) is 9.89. The number of carbonyl (C=O) groups excluding carboxylic acids is 1. The molecule has 0 radical (unpaired) electrons. The fourth-order valence-corrected chi connectivity index (χ4v) is 3.69. The van der Waals surface area contributed by atoms with Gasteiger partial charge >= 0.3 is 5.97 Å². The van der Waals surface area contributed by atoms with Gasteiger partial charge in [0.25, 0.3) is 0 Å². The second-order valence-corrected chi connectivity index (χ2v) is 8.96. The lowest BCUT2D eigenvalue weighted by molar-refractivity contribution is -0.142. The summed E-state index contributed by atoms with van der Waals surface area (Å²) in [5.74, 6) is 1.84. The highest BCUT2D eigenvalue weighted by Gasteiger charge is 2.26. The molecule has 2 aromatic carbocycles. The summed E-state index contributed by atoms with van der Waals surface area (Å²) in [4.78, 5) is 12.0. The van der Waals surface area contributed by atoms with Gasteiger partial charge in [-0.1, -0.05) is 42.8 Å². The van der Waals surface area contributed by atoms with E-state index in [9.17, 15) is 4.79 Å². The Morgan fingerprint density at radius 2 is 1.90 bits per heavy atom. The van der Waals surface area contributed by atoms with Crippen molar-refractivity contribution < 1.29 is 23.4 Å². The largest absolute Gasteiger partial charge is 0.497 e. The second-order valence-electron chi connectivity index (χ2n) is 8.04. The van der Waals surface area contributed by atoms with Crippen LogP contribution in [0.2, 0.25) is 0 Å². The fraction of sp³-hybridized carbons (Fsp3) is 0.375. The highest BCUT2D eigenvalue weighted by atomic mass is 79.9. The summed E-state index contributed by atoms with van der Waals surface area (Å²) in [5, 5.41) is 1.00. The van der Waals surface area contributed by atoms with Crippen molar-refractivity contribution in [2.45, 2.75) is 46.1 Å². The number of furan rings is 1. The quantitative estimate of drug-likeness (QED) is 0.382. The Morgan fingerprint density at radius 3 is 2.57 bits per heavy atom. The normalized spacial score (nSPS) is 11.5. The van der Waals surface area contributed by atoms with Gasteiger partial charge in [-0.3, -0.25) is 4.79 Å². The molecule has 0 bridgehead atoms. The number of halogens is 1. The molecule has 0 aliphatic carbocycles. The molecule has 0 aliphatic heterocycles. The van der Waals surface area contributed by atoms with E-state index in [-0.39, 0.29) is 17.8 Å². The maximum atomic E-state index is 12.0. The average molecular weight is 475 g/mol. The van der Waals surface area contributed by atoms with E-state index in [1.165, 1.54) is 0 Å². The van der Waals surface area contributed by atoms with Crippen LogP contribution in [0.25, 0.3) is 11.0 Å². The predicted molar refractivity (Wildman–Crippen MR) is 120 cm³/mol. The van der Waals surface area contributed by atoms with Gasteiger partial charge in [0.05, 0.1) is 20.1 Å². The molecule has 0 amide bonds. The average Bonchev–Trinajstić information content (AvgIpc) is 3.05. The monoisotopic (exact) mass is 474 g/mol. The summed E-state index contributed by atoms with van der Waals surface area (Å²) >= 11 is 3.54. The molecule has 0 saturated heterocycles. The third-order valence-corrected chi connectivity index (χ3v) is 5.21. The van der Waals surface area contributed by atoms with E-state index < -0.39 is 0 Å². The number of esters is 1. The van der Waals surface area contributed by atoms with Gasteiger partial charge in [-0.15, -0.1) is 0 Å². The summed E-state index contributed by atoms with van der Waals surface area (Å²) in [5.41, 5.74) is 2.37. The lowest BCUT2D eigenvalue weighted by Crippen LogP contribution is -2.14. The maximum Gasteiger partial charge on any atom is 0.310 e. The SMILES string of the molecule is CCOC(=O)Cc1ccc(OC)cc1OCc1c(C(C)(C)C)oc2ccc(Br)cc12. The first-order chi connectivity index (χ1) is 14.2. The number of hydrogen-bond donors (Lipinski definition) is 0. The van der Waals surface area contributed by atoms with Crippen LogP contribution in [0.1, 0.15) is 44.6 Å². The van der Waals surface area contributed by atoms with Crippen molar-refractivity contribution in [1.29, 1.82) is 0 Å². The van der Waals surface area contributed by atoms with Crippen LogP contribution in [0, 0.1) is 0 Å². The number of fused-ring (bicyclic) bond motifs is 1. The molecule has 1 heterocycles. The van der Waals surface area contributed by atoms with Gasteiger partial charge in [-0.05, 0) is 31.2 Å². The van der Waals surface area contributed by atoms with Gasteiger partial charge in [-0.2, -0.15) is 0 Å². The Bertz CT molecular complexity index is 1050. The van der Waals surface area contributed by atoms with Crippen LogP contribution >= 0.6 is 15.9 Å². The lowest BCUT2D eigenvalue weighted by atomic mass is 9.90. The van der Waals surface area contributed by atoms with Crippen LogP contribution in [0.3, 0.4) is 0 Å². The molecular weight excluding hydrogens is 448 g/mol. The third-order valence-electron chi connectivity index (χ3n) is 4.72. The highest BCUT2D eigenvalue weighted by Crippen LogP contribution is 2.37. The number of rotatable bonds is 7. The standard InChI is InChI=1S/C24H27BrO5/c1-6-28-22(26)11-15-7-9-17(27-5)13-21(15)29-14-19-18-12-16(25)8-10-20(18)30-23(19)24(2,3)4/h7-10,12-13H,6,11,14H2,1-5H3. The van der Waals surface area contributed by atoms with Crippen molar-refractivity contribution in [3.05, 3.63) is 57.8 Å². The van der Waals surface area contributed by atoms with E-state index >= 15 is 0 Å². The number of methoxy groups -OCH3 is 1. The summed E-state index contributed by atoms with van der Waals surface area (Å²) < 4.78 is 23.8. The van der Waals surface area contributed by atoms with Crippen LogP contribution in [-0.4, -0.2) is 19.7 Å². The topological polar surface area (TPSA) is 57.9 Å². The fourth-order valence-electron chi connectivity index (χ4n) is 3.33. The zero-order valence-electron chi connectivity index (χ0n) is 18.0. The summed E-state index contributed by atoms with van der Waals surface area (Å²) in [6.45, 7) is 8.78. The van der Waals surface area contributed by atoms with Gasteiger partial charge in [0.1, 0.15) is 29.4 Å². The first kappa shape index (κ1) is 22.2. The second kappa shape index (κ2) is 9.13. The summed E-state index contributed by atoms with van der Waals surface area (Å²) in [6, 6.07) is 11.4. The molecule has 3 aromatic rings. The Balaban J connectivity index is 1.97. The molecule has 0 spiro atoms. The van der Waals surface area contributed by atoms with E-state index in [4.69, 9.17) is 18.6 Å². The molecule has 6 heteroatoms. The first-order valence-corrected chi connectivity index (χ1v) is 10.7. The van der Waals surface area contributed by atoms with Crippen molar-refractivity contribution in [3.63, 3.8) is 0 Å². The van der Waals surface area contributed by atoms with E-state index in [0.717, 1.165) is 32.3 Å². The Hall–Kier alpha value is -2.47. The zero-order chi connectivity index (χ0) is 21.9. The molecule has 0 unspecified atom stereocenters. The Labute approximate surface area is 185 Å². The lowest BCUT2D eigenvalue weighted by Gasteiger charge is -2.18. The smallest absolute Gasteiger partial charge is 0.310 e. The molecule has 30 heavy (non-hydrogen) atoms. The van der Waals surface area contributed by atoms with Gasteiger partial charge in [-0.25, -0.2) is 0 Å². The number of benzene rings is 2. The summed E-state index contributed by atoms with van der Waals surface area (Å²) in [6.07, 6.45) is 0.136. The Kier molecular flexibility index (Phi) is 6.76.